The largest absolute Gasteiger partial charge is 0.507 e. The van der Waals surface area contributed by atoms with Gasteiger partial charge in [0.25, 0.3) is 0 Å². The molecule has 3 N–H and O–H groups in total. The Bertz CT molecular complexity index is 1240. The normalized spacial score (nSPS) is 33.1. The first kappa shape index (κ1) is 22.2. The monoisotopic (exact) mass is 460 g/mol. The first-order chi connectivity index (χ1) is 16.1. The summed E-state index contributed by atoms with van der Waals surface area (Å²) < 4.78 is 6.22. The van der Waals surface area contributed by atoms with E-state index in [1.54, 1.807) is 0 Å². The highest BCUT2D eigenvalue weighted by atomic mass is 16.6. The summed E-state index contributed by atoms with van der Waals surface area (Å²) in [4.78, 5) is 0. The predicted octanol–water partition coefficient (Wildman–Crippen LogP) is 5.69. The number of aliphatic hydroxyl groups is 2. The average molecular weight is 461 g/mol. The van der Waals surface area contributed by atoms with Gasteiger partial charge in [-0.1, -0.05) is 39.8 Å². The Labute approximate surface area is 202 Å². The van der Waals surface area contributed by atoms with Crippen LogP contribution in [0.25, 0.3) is 5.57 Å². The molecule has 0 amide bonds. The number of aliphatic hydroxyl groups excluding tert-OH is 2. The van der Waals surface area contributed by atoms with Gasteiger partial charge in [-0.15, -0.1) is 0 Å². The minimum absolute atomic E-state index is 0.0194. The third kappa shape index (κ3) is 2.56. The third-order valence-electron chi connectivity index (χ3n) is 9.27. The van der Waals surface area contributed by atoms with Gasteiger partial charge in [0.15, 0.2) is 0 Å². The molecule has 1 spiro atoms. The summed E-state index contributed by atoms with van der Waals surface area (Å²) in [5.74, 6) is 1.73. The number of benzene rings is 2. The summed E-state index contributed by atoms with van der Waals surface area (Å²) in [6, 6.07) is 8.31. The summed E-state index contributed by atoms with van der Waals surface area (Å²) in [6.45, 7) is 12.9. The molecular weight excluding hydrogens is 424 g/mol. The van der Waals surface area contributed by atoms with E-state index in [9.17, 15) is 15.3 Å². The number of fused-ring (bicyclic) bond motifs is 2. The van der Waals surface area contributed by atoms with Crippen molar-refractivity contribution in [2.24, 2.45) is 17.8 Å². The van der Waals surface area contributed by atoms with Gasteiger partial charge in [0.05, 0.1) is 11.5 Å². The van der Waals surface area contributed by atoms with Gasteiger partial charge < -0.3 is 20.1 Å². The molecular formula is C30H36O4. The highest BCUT2D eigenvalue weighted by molar-refractivity contribution is 5.85. The van der Waals surface area contributed by atoms with Crippen molar-refractivity contribution in [3.05, 3.63) is 63.2 Å². The fraction of sp³-hybridized carbons (Fsp3) is 0.533. The fourth-order valence-electron chi connectivity index (χ4n) is 8.03. The van der Waals surface area contributed by atoms with Crippen LogP contribution in [0.3, 0.4) is 0 Å². The van der Waals surface area contributed by atoms with Gasteiger partial charge in [-0.3, -0.25) is 0 Å². The van der Waals surface area contributed by atoms with E-state index in [1.165, 1.54) is 11.1 Å². The van der Waals surface area contributed by atoms with Gasteiger partial charge in [-0.05, 0) is 90.0 Å². The van der Waals surface area contributed by atoms with E-state index in [0.29, 0.717) is 18.1 Å². The quantitative estimate of drug-likeness (QED) is 0.539. The molecule has 0 fully saturated rings. The van der Waals surface area contributed by atoms with E-state index in [4.69, 9.17) is 4.74 Å². The fourth-order valence-corrected chi connectivity index (χ4v) is 8.03. The molecule has 2 aromatic rings. The molecule has 4 nitrogen and oxygen atoms in total. The lowest BCUT2D eigenvalue weighted by Gasteiger charge is -2.48. The Morgan fingerprint density at radius 1 is 0.912 bits per heavy atom. The molecule has 0 aromatic heterocycles. The Kier molecular flexibility index (Phi) is 4.64. The van der Waals surface area contributed by atoms with E-state index < -0.39 is 17.8 Å². The van der Waals surface area contributed by atoms with Gasteiger partial charge in [0.2, 0.25) is 6.29 Å². The zero-order valence-electron chi connectivity index (χ0n) is 21.0. The van der Waals surface area contributed by atoms with Gasteiger partial charge in [-0.2, -0.15) is 0 Å². The van der Waals surface area contributed by atoms with Gasteiger partial charge in [0, 0.05) is 23.0 Å². The molecule has 2 aromatic carbocycles. The summed E-state index contributed by atoms with van der Waals surface area (Å²) in [5.41, 5.74) is 8.00. The second-order valence-electron chi connectivity index (χ2n) is 11.9. The maximum Gasteiger partial charge on any atom is 0.211 e. The highest BCUT2D eigenvalue weighted by Crippen LogP contribution is 2.69. The Morgan fingerprint density at radius 2 is 1.59 bits per heavy atom. The van der Waals surface area contributed by atoms with Crippen LogP contribution in [0.2, 0.25) is 0 Å². The second kappa shape index (κ2) is 7.11. The van der Waals surface area contributed by atoms with E-state index in [-0.39, 0.29) is 23.7 Å². The van der Waals surface area contributed by atoms with Crippen molar-refractivity contribution in [2.75, 3.05) is 0 Å². The Balaban J connectivity index is 1.68. The number of rotatable bonds is 2. The van der Waals surface area contributed by atoms with Crippen molar-refractivity contribution in [1.82, 2.24) is 0 Å². The van der Waals surface area contributed by atoms with Crippen LogP contribution in [-0.4, -0.2) is 27.7 Å². The molecule has 0 unspecified atom stereocenters. The lowest BCUT2D eigenvalue weighted by atomic mass is 9.55. The first-order valence-electron chi connectivity index (χ1n) is 12.8. The molecule has 6 rings (SSSR count). The molecule has 0 radical (unpaired) electrons. The molecule has 0 bridgehead atoms. The second-order valence-corrected chi connectivity index (χ2v) is 11.9. The Morgan fingerprint density at radius 3 is 2.26 bits per heavy atom. The Hall–Kier alpha value is -2.30. The smallest absolute Gasteiger partial charge is 0.211 e. The van der Waals surface area contributed by atoms with Crippen molar-refractivity contribution in [3.63, 3.8) is 0 Å². The zero-order valence-corrected chi connectivity index (χ0v) is 21.0. The van der Waals surface area contributed by atoms with E-state index in [0.717, 1.165) is 45.6 Å². The predicted molar refractivity (Wildman–Crippen MR) is 133 cm³/mol. The lowest BCUT2D eigenvalue weighted by molar-refractivity contribution is -0.0897. The van der Waals surface area contributed by atoms with Crippen LogP contribution in [0, 0.1) is 31.6 Å². The molecule has 180 valence electrons. The maximum absolute atomic E-state index is 11.9. The van der Waals surface area contributed by atoms with E-state index in [2.05, 4.69) is 46.8 Å². The minimum Gasteiger partial charge on any atom is -0.507 e. The number of aromatic hydroxyl groups is 1. The van der Waals surface area contributed by atoms with Crippen LogP contribution < -0.4 is 4.74 Å². The number of phenols is 1. The molecule has 6 atom stereocenters. The van der Waals surface area contributed by atoms with Crippen molar-refractivity contribution >= 4 is 5.57 Å². The topological polar surface area (TPSA) is 69.9 Å². The summed E-state index contributed by atoms with van der Waals surface area (Å²) >= 11 is 0. The molecule has 4 aliphatic rings. The van der Waals surface area contributed by atoms with Crippen LogP contribution >= 0.6 is 0 Å². The standard InChI is InChI=1S/C30H36O4/c1-13(2)17-11-21-19(26-18(17)7-15(5)9-23(26)31)12-22-28(32)25(14(3)4)20-8-16(6)10-24-27(20)30(21,22)29(33)34-24/h7-10,13-14,17,22,25,28-29,31-33H,11-12H2,1-6H3/t17-,22+,25-,28-,29+,30-/m0/s1. The van der Waals surface area contributed by atoms with Crippen molar-refractivity contribution < 1.29 is 20.1 Å². The molecule has 34 heavy (non-hydrogen) atoms. The van der Waals surface area contributed by atoms with Crippen LogP contribution in [-0.2, 0) is 5.41 Å². The summed E-state index contributed by atoms with van der Waals surface area (Å²) in [5, 5.41) is 34.8. The number of allylic oxidation sites excluding steroid dienone is 1. The minimum atomic E-state index is -1.04. The average Bonchev–Trinajstić information content (AvgIpc) is 3.22. The van der Waals surface area contributed by atoms with E-state index >= 15 is 0 Å². The molecule has 0 saturated heterocycles. The number of hydrogen-bond donors (Lipinski definition) is 3. The molecule has 4 heteroatoms. The van der Waals surface area contributed by atoms with Crippen molar-refractivity contribution in [1.29, 1.82) is 0 Å². The zero-order chi connectivity index (χ0) is 24.3. The van der Waals surface area contributed by atoms with Crippen LogP contribution in [0.5, 0.6) is 11.5 Å². The maximum atomic E-state index is 11.9. The highest BCUT2D eigenvalue weighted by Gasteiger charge is 2.67. The molecule has 1 heterocycles. The summed E-state index contributed by atoms with van der Waals surface area (Å²) in [7, 11) is 0. The SMILES string of the molecule is Cc1cc(O)c2c(c1)[C@H](C(C)C)CC1=C2C[C@@H]2[C@H](O)[C@@H](C(C)C)c3cc(C)cc4c3[C@]12[C@H](O)O4. The number of phenolic OH excluding ortho intramolecular Hbond substituents is 1. The van der Waals surface area contributed by atoms with Gasteiger partial charge in [0.1, 0.15) is 11.5 Å². The number of aryl methyl sites for hydroxylation is 2. The third-order valence-corrected chi connectivity index (χ3v) is 9.27. The first-order valence-corrected chi connectivity index (χ1v) is 12.8. The van der Waals surface area contributed by atoms with Crippen LogP contribution in [0.1, 0.15) is 85.8 Å². The summed E-state index contributed by atoms with van der Waals surface area (Å²) in [6.07, 6.45) is -0.185. The van der Waals surface area contributed by atoms with Gasteiger partial charge >= 0.3 is 0 Å². The van der Waals surface area contributed by atoms with Gasteiger partial charge in [-0.25, -0.2) is 0 Å². The number of ether oxygens (including phenoxy) is 1. The van der Waals surface area contributed by atoms with Crippen molar-refractivity contribution in [2.45, 2.75) is 84.0 Å². The van der Waals surface area contributed by atoms with E-state index in [1.807, 2.05) is 19.1 Å². The molecule has 3 aliphatic carbocycles. The lowest BCUT2D eigenvalue weighted by Crippen LogP contribution is -2.53. The van der Waals surface area contributed by atoms with Crippen LogP contribution in [0.4, 0.5) is 0 Å². The molecule has 0 saturated carbocycles. The van der Waals surface area contributed by atoms with Crippen molar-refractivity contribution in [3.8, 4) is 11.5 Å². The molecule has 1 aliphatic heterocycles. The number of hydrogen-bond acceptors (Lipinski definition) is 4. The van der Waals surface area contributed by atoms with Crippen LogP contribution in [0.15, 0.2) is 29.8 Å².